The molecular formula is C20H25NO2S. The van der Waals surface area contributed by atoms with Crippen LogP contribution in [0.3, 0.4) is 0 Å². The minimum Gasteiger partial charge on any atom is -0.496 e. The third-order valence-corrected chi connectivity index (χ3v) is 4.51. The van der Waals surface area contributed by atoms with Gasteiger partial charge in [0.25, 0.3) is 5.91 Å². The number of carbonyl (C=O) groups excluding carboxylic acids is 1. The maximum atomic E-state index is 12.4. The van der Waals surface area contributed by atoms with Crippen LogP contribution >= 0.6 is 11.8 Å². The summed E-state index contributed by atoms with van der Waals surface area (Å²) < 4.78 is 5.44. The molecule has 3 nitrogen and oxygen atoms in total. The largest absolute Gasteiger partial charge is 0.496 e. The molecule has 0 unspecified atom stereocenters. The molecule has 1 N–H and O–H groups in total. The lowest BCUT2D eigenvalue weighted by atomic mass is 10.1. The molecule has 0 bridgehead atoms. The Labute approximate surface area is 148 Å². The monoisotopic (exact) mass is 343 g/mol. The third-order valence-electron chi connectivity index (χ3n) is 3.45. The Morgan fingerprint density at radius 3 is 2.38 bits per heavy atom. The van der Waals surface area contributed by atoms with Crippen LogP contribution < -0.4 is 10.1 Å². The molecule has 128 valence electrons. The summed E-state index contributed by atoms with van der Waals surface area (Å²) in [5, 5.41) is 2.99. The summed E-state index contributed by atoms with van der Waals surface area (Å²) in [5.74, 6) is 1.50. The SMILES string of the molecule is COc1ccc(C(=O)NC(C)(C)C)cc1CSc1ccc(C)cc1. The Morgan fingerprint density at radius 1 is 1.12 bits per heavy atom. The van der Waals surface area contributed by atoms with E-state index in [0.29, 0.717) is 5.56 Å². The minimum atomic E-state index is -0.256. The fourth-order valence-corrected chi connectivity index (χ4v) is 3.12. The molecular weight excluding hydrogens is 318 g/mol. The summed E-state index contributed by atoms with van der Waals surface area (Å²) in [6, 6.07) is 14.0. The molecule has 2 aromatic rings. The number of nitrogens with one attached hydrogen (secondary N) is 1. The number of hydrogen-bond donors (Lipinski definition) is 1. The van der Waals surface area contributed by atoms with Crippen molar-refractivity contribution in [1.29, 1.82) is 0 Å². The lowest BCUT2D eigenvalue weighted by molar-refractivity contribution is 0.0919. The Morgan fingerprint density at radius 2 is 1.79 bits per heavy atom. The average Bonchev–Trinajstić information content (AvgIpc) is 2.52. The van der Waals surface area contributed by atoms with Crippen LogP contribution in [-0.4, -0.2) is 18.6 Å². The highest BCUT2D eigenvalue weighted by Crippen LogP contribution is 2.29. The van der Waals surface area contributed by atoms with Gasteiger partial charge in [-0.15, -0.1) is 11.8 Å². The smallest absolute Gasteiger partial charge is 0.251 e. The molecule has 0 heterocycles. The van der Waals surface area contributed by atoms with E-state index in [-0.39, 0.29) is 11.4 Å². The number of thioether (sulfide) groups is 1. The summed E-state index contributed by atoms with van der Waals surface area (Å²) in [4.78, 5) is 13.6. The highest BCUT2D eigenvalue weighted by atomic mass is 32.2. The molecule has 0 atom stereocenters. The van der Waals surface area contributed by atoms with Crippen LogP contribution in [0.4, 0.5) is 0 Å². The Hall–Kier alpha value is -1.94. The van der Waals surface area contributed by atoms with Crippen LogP contribution in [0.15, 0.2) is 47.4 Å². The van der Waals surface area contributed by atoms with E-state index in [1.807, 2.05) is 32.9 Å². The van der Waals surface area contributed by atoms with Crippen molar-refractivity contribution in [2.75, 3.05) is 7.11 Å². The topological polar surface area (TPSA) is 38.3 Å². The fourth-order valence-electron chi connectivity index (χ4n) is 2.24. The molecule has 0 saturated carbocycles. The van der Waals surface area contributed by atoms with Gasteiger partial charge < -0.3 is 10.1 Å². The second-order valence-electron chi connectivity index (χ2n) is 6.83. The number of amides is 1. The Balaban J connectivity index is 2.16. The number of methoxy groups -OCH3 is 1. The van der Waals surface area contributed by atoms with E-state index in [2.05, 4.69) is 36.5 Å². The minimum absolute atomic E-state index is 0.0632. The summed E-state index contributed by atoms with van der Waals surface area (Å²) in [7, 11) is 1.66. The van der Waals surface area contributed by atoms with Crippen molar-refractivity contribution >= 4 is 17.7 Å². The van der Waals surface area contributed by atoms with E-state index in [1.165, 1.54) is 10.5 Å². The number of hydrogen-bond acceptors (Lipinski definition) is 3. The molecule has 0 fully saturated rings. The van der Waals surface area contributed by atoms with Gasteiger partial charge in [0.15, 0.2) is 0 Å². The molecule has 2 rings (SSSR count). The van der Waals surface area contributed by atoms with Gasteiger partial charge in [-0.05, 0) is 58.0 Å². The zero-order chi connectivity index (χ0) is 17.7. The van der Waals surface area contributed by atoms with Crippen LogP contribution in [-0.2, 0) is 5.75 Å². The first-order valence-corrected chi connectivity index (χ1v) is 8.96. The number of rotatable bonds is 5. The van der Waals surface area contributed by atoms with Crippen molar-refractivity contribution < 1.29 is 9.53 Å². The average molecular weight is 343 g/mol. The van der Waals surface area contributed by atoms with E-state index in [0.717, 1.165) is 17.1 Å². The summed E-state index contributed by atoms with van der Waals surface area (Å²) in [6.07, 6.45) is 0. The van der Waals surface area contributed by atoms with Crippen molar-refractivity contribution in [3.8, 4) is 5.75 Å². The van der Waals surface area contributed by atoms with Crippen LogP contribution in [0.5, 0.6) is 5.75 Å². The first-order chi connectivity index (χ1) is 11.3. The zero-order valence-electron chi connectivity index (χ0n) is 15.0. The standard InChI is InChI=1S/C20H25NO2S/c1-14-6-9-17(10-7-14)24-13-16-12-15(8-11-18(16)23-5)19(22)21-20(2,3)4/h6-12H,13H2,1-5H3,(H,21,22). The zero-order valence-corrected chi connectivity index (χ0v) is 15.8. The maximum absolute atomic E-state index is 12.4. The van der Waals surface area contributed by atoms with Crippen LogP contribution in [0.1, 0.15) is 42.3 Å². The maximum Gasteiger partial charge on any atom is 0.251 e. The van der Waals surface area contributed by atoms with Gasteiger partial charge in [-0.1, -0.05) is 17.7 Å². The van der Waals surface area contributed by atoms with Crippen molar-refractivity contribution in [2.45, 2.75) is 43.9 Å². The third kappa shape index (κ3) is 5.31. The van der Waals surface area contributed by atoms with Gasteiger partial charge in [0.1, 0.15) is 5.75 Å². The van der Waals surface area contributed by atoms with Gasteiger partial charge in [0.05, 0.1) is 7.11 Å². The molecule has 2 aromatic carbocycles. The molecule has 0 aliphatic rings. The first kappa shape index (κ1) is 18.4. The predicted octanol–water partition coefficient (Wildman–Crippen LogP) is 4.82. The number of aryl methyl sites for hydroxylation is 1. The number of carbonyl (C=O) groups is 1. The first-order valence-electron chi connectivity index (χ1n) is 7.97. The highest BCUT2D eigenvalue weighted by Gasteiger charge is 2.16. The summed E-state index contributed by atoms with van der Waals surface area (Å²) in [5.41, 5.74) is 2.67. The van der Waals surface area contributed by atoms with E-state index in [9.17, 15) is 4.79 Å². The van der Waals surface area contributed by atoms with Crippen molar-refractivity contribution in [2.24, 2.45) is 0 Å². The molecule has 0 aliphatic heterocycles. The quantitative estimate of drug-likeness (QED) is 0.791. The van der Waals surface area contributed by atoms with Crippen LogP contribution in [0, 0.1) is 6.92 Å². The van der Waals surface area contributed by atoms with Crippen LogP contribution in [0.25, 0.3) is 0 Å². The second-order valence-corrected chi connectivity index (χ2v) is 7.88. The lowest BCUT2D eigenvalue weighted by Gasteiger charge is -2.21. The van der Waals surface area contributed by atoms with Gasteiger partial charge in [-0.3, -0.25) is 4.79 Å². The van der Waals surface area contributed by atoms with Crippen molar-refractivity contribution in [3.63, 3.8) is 0 Å². The Bertz CT molecular complexity index is 703. The van der Waals surface area contributed by atoms with Crippen molar-refractivity contribution in [1.82, 2.24) is 5.32 Å². The summed E-state index contributed by atoms with van der Waals surface area (Å²) >= 11 is 1.73. The molecule has 24 heavy (non-hydrogen) atoms. The normalized spacial score (nSPS) is 11.2. The molecule has 0 radical (unpaired) electrons. The van der Waals surface area contributed by atoms with E-state index in [4.69, 9.17) is 4.74 Å². The van der Waals surface area contributed by atoms with E-state index < -0.39 is 0 Å². The highest BCUT2D eigenvalue weighted by molar-refractivity contribution is 7.98. The van der Waals surface area contributed by atoms with Crippen molar-refractivity contribution in [3.05, 3.63) is 59.2 Å². The van der Waals surface area contributed by atoms with E-state index in [1.54, 1.807) is 24.9 Å². The van der Waals surface area contributed by atoms with Gasteiger partial charge in [-0.2, -0.15) is 0 Å². The van der Waals surface area contributed by atoms with E-state index >= 15 is 0 Å². The molecule has 1 amide bonds. The summed E-state index contributed by atoms with van der Waals surface area (Å²) in [6.45, 7) is 8.00. The van der Waals surface area contributed by atoms with Crippen LogP contribution in [0.2, 0.25) is 0 Å². The van der Waals surface area contributed by atoms with Gasteiger partial charge in [0.2, 0.25) is 0 Å². The number of benzene rings is 2. The number of ether oxygens (including phenoxy) is 1. The predicted molar refractivity (Wildman–Crippen MR) is 101 cm³/mol. The molecule has 0 saturated heterocycles. The molecule has 4 heteroatoms. The molecule has 0 spiro atoms. The fraction of sp³-hybridized carbons (Fsp3) is 0.350. The van der Waals surface area contributed by atoms with Gasteiger partial charge in [-0.25, -0.2) is 0 Å². The second kappa shape index (κ2) is 7.75. The molecule has 0 aliphatic carbocycles. The Kier molecular flexibility index (Phi) is 5.94. The van der Waals surface area contributed by atoms with Gasteiger partial charge in [0, 0.05) is 27.3 Å². The lowest BCUT2D eigenvalue weighted by Crippen LogP contribution is -2.40. The molecule has 0 aromatic heterocycles. The van der Waals surface area contributed by atoms with Gasteiger partial charge >= 0.3 is 0 Å².